The summed E-state index contributed by atoms with van der Waals surface area (Å²) in [6.07, 6.45) is 8.60. The molecule has 4 nitrogen and oxygen atoms in total. The summed E-state index contributed by atoms with van der Waals surface area (Å²) in [6.45, 7) is 4.73. The number of nitrogens with zero attached hydrogens (tertiary/aromatic N) is 2. The van der Waals surface area contributed by atoms with Crippen molar-refractivity contribution < 1.29 is 9.47 Å². The maximum Gasteiger partial charge on any atom is 0.157 e. The smallest absolute Gasteiger partial charge is 0.157 e. The minimum Gasteiger partial charge on any atom is -0.490 e. The van der Waals surface area contributed by atoms with Gasteiger partial charge < -0.3 is 9.47 Å². The van der Waals surface area contributed by atoms with Crippen LogP contribution in [0, 0.1) is 0 Å². The van der Waals surface area contributed by atoms with Gasteiger partial charge in [-0.2, -0.15) is 5.10 Å². The molecule has 1 aromatic rings. The van der Waals surface area contributed by atoms with Crippen molar-refractivity contribution in [1.82, 2.24) is 9.78 Å². The van der Waals surface area contributed by atoms with Crippen molar-refractivity contribution >= 4 is 0 Å². The Hall–Kier alpha value is -1.03. The highest BCUT2D eigenvalue weighted by Crippen LogP contribution is 2.16. The van der Waals surface area contributed by atoms with E-state index in [1.807, 2.05) is 10.9 Å². The Kier molecular flexibility index (Phi) is 4.22. The average Bonchev–Trinajstić information content (AvgIpc) is 2.90. The van der Waals surface area contributed by atoms with Crippen LogP contribution < -0.4 is 4.74 Å². The molecule has 0 spiro atoms. The Morgan fingerprint density at radius 1 is 1.62 bits per heavy atom. The van der Waals surface area contributed by atoms with Gasteiger partial charge >= 0.3 is 0 Å². The number of rotatable bonds is 6. The molecule has 2 rings (SSSR count). The van der Waals surface area contributed by atoms with Crippen molar-refractivity contribution in [2.75, 3.05) is 13.2 Å². The summed E-state index contributed by atoms with van der Waals surface area (Å²) >= 11 is 0. The molecule has 2 heterocycles. The van der Waals surface area contributed by atoms with Crippen molar-refractivity contribution in [2.45, 2.75) is 45.3 Å². The normalized spacial score (nSPS) is 20.2. The Morgan fingerprint density at radius 2 is 2.56 bits per heavy atom. The van der Waals surface area contributed by atoms with Crippen molar-refractivity contribution in [3.8, 4) is 5.75 Å². The van der Waals surface area contributed by atoms with E-state index in [-0.39, 0.29) is 0 Å². The minimum atomic E-state index is 0.408. The van der Waals surface area contributed by atoms with Crippen LogP contribution in [0.15, 0.2) is 12.4 Å². The highest BCUT2D eigenvalue weighted by molar-refractivity contribution is 5.11. The van der Waals surface area contributed by atoms with Crippen molar-refractivity contribution in [3.63, 3.8) is 0 Å². The fourth-order valence-corrected chi connectivity index (χ4v) is 1.95. The van der Waals surface area contributed by atoms with Crippen molar-refractivity contribution in [3.05, 3.63) is 12.4 Å². The zero-order valence-corrected chi connectivity index (χ0v) is 9.89. The van der Waals surface area contributed by atoms with E-state index in [2.05, 4.69) is 12.0 Å². The fraction of sp³-hybridized carbons (Fsp3) is 0.750. The van der Waals surface area contributed by atoms with Crippen LogP contribution in [0.2, 0.25) is 0 Å². The third-order valence-corrected chi connectivity index (χ3v) is 2.79. The molecule has 90 valence electrons. The molecule has 0 aliphatic carbocycles. The molecule has 1 aliphatic heterocycles. The molecule has 0 amide bonds. The fourth-order valence-electron chi connectivity index (χ4n) is 1.95. The monoisotopic (exact) mass is 224 g/mol. The lowest BCUT2D eigenvalue weighted by molar-refractivity contribution is 0.0903. The van der Waals surface area contributed by atoms with Crippen molar-refractivity contribution in [2.24, 2.45) is 0 Å². The van der Waals surface area contributed by atoms with E-state index in [1.165, 1.54) is 12.8 Å². The van der Waals surface area contributed by atoms with Gasteiger partial charge in [0.2, 0.25) is 0 Å². The molecule has 1 fully saturated rings. The molecular weight excluding hydrogens is 204 g/mol. The molecule has 0 N–H and O–H groups in total. The summed E-state index contributed by atoms with van der Waals surface area (Å²) in [4.78, 5) is 0. The molecular formula is C12H20N2O2. The first-order valence-corrected chi connectivity index (χ1v) is 6.15. The molecule has 0 radical (unpaired) electrons. The molecule has 1 aliphatic rings. The third-order valence-electron chi connectivity index (χ3n) is 2.79. The molecule has 0 saturated carbocycles. The summed E-state index contributed by atoms with van der Waals surface area (Å²) < 4.78 is 13.1. The highest BCUT2D eigenvalue weighted by Gasteiger charge is 2.15. The van der Waals surface area contributed by atoms with Crippen LogP contribution in [-0.4, -0.2) is 29.1 Å². The highest BCUT2D eigenvalue weighted by atomic mass is 16.5. The minimum absolute atomic E-state index is 0.408. The maximum atomic E-state index is 5.63. The van der Waals surface area contributed by atoms with E-state index in [0.717, 1.165) is 38.3 Å². The van der Waals surface area contributed by atoms with Crippen LogP contribution in [0.3, 0.4) is 0 Å². The van der Waals surface area contributed by atoms with Gasteiger partial charge in [-0.05, 0) is 19.3 Å². The first-order chi connectivity index (χ1) is 7.88. The number of hydrogen-bond acceptors (Lipinski definition) is 3. The molecule has 4 heteroatoms. The van der Waals surface area contributed by atoms with Gasteiger partial charge in [0.25, 0.3) is 0 Å². The number of aryl methyl sites for hydroxylation is 1. The van der Waals surface area contributed by atoms with E-state index in [1.54, 1.807) is 6.20 Å². The van der Waals surface area contributed by atoms with E-state index < -0.39 is 0 Å². The standard InChI is InChI=1S/C12H20N2O2/c1-2-6-14-10-12(9-13-14)16-8-5-11-4-3-7-15-11/h9-11H,2-8H2,1H3. The second-order valence-electron chi connectivity index (χ2n) is 4.21. The maximum absolute atomic E-state index is 5.63. The largest absolute Gasteiger partial charge is 0.490 e. The van der Waals surface area contributed by atoms with Gasteiger partial charge in [-0.1, -0.05) is 6.92 Å². The summed E-state index contributed by atoms with van der Waals surface area (Å²) in [5.74, 6) is 0.867. The van der Waals surface area contributed by atoms with Crippen LogP contribution in [0.1, 0.15) is 32.6 Å². The van der Waals surface area contributed by atoms with Crippen molar-refractivity contribution in [1.29, 1.82) is 0 Å². The van der Waals surface area contributed by atoms with Gasteiger partial charge in [0, 0.05) is 19.6 Å². The molecule has 0 bridgehead atoms. The molecule has 16 heavy (non-hydrogen) atoms. The second-order valence-corrected chi connectivity index (χ2v) is 4.21. The lowest BCUT2D eigenvalue weighted by Crippen LogP contribution is -2.10. The van der Waals surface area contributed by atoms with Crippen LogP contribution in [-0.2, 0) is 11.3 Å². The van der Waals surface area contributed by atoms with Gasteiger partial charge in [-0.15, -0.1) is 0 Å². The summed E-state index contributed by atoms with van der Waals surface area (Å²) in [5, 5.41) is 4.22. The quantitative estimate of drug-likeness (QED) is 0.743. The topological polar surface area (TPSA) is 36.3 Å². The second kappa shape index (κ2) is 5.89. The summed E-state index contributed by atoms with van der Waals surface area (Å²) in [7, 11) is 0. The zero-order valence-electron chi connectivity index (χ0n) is 9.89. The predicted molar refractivity (Wildman–Crippen MR) is 61.6 cm³/mol. The first-order valence-electron chi connectivity index (χ1n) is 6.15. The van der Waals surface area contributed by atoms with Gasteiger partial charge in [0.05, 0.1) is 25.1 Å². The van der Waals surface area contributed by atoms with Crippen LogP contribution in [0.5, 0.6) is 5.75 Å². The first kappa shape index (κ1) is 11.5. The van der Waals surface area contributed by atoms with E-state index >= 15 is 0 Å². The lowest BCUT2D eigenvalue weighted by Gasteiger charge is -2.08. The van der Waals surface area contributed by atoms with Gasteiger partial charge in [0.1, 0.15) is 0 Å². The molecule has 1 saturated heterocycles. The molecule has 0 aromatic carbocycles. The van der Waals surface area contributed by atoms with E-state index in [0.29, 0.717) is 6.10 Å². The molecule has 1 aromatic heterocycles. The van der Waals surface area contributed by atoms with Crippen LogP contribution in [0.25, 0.3) is 0 Å². The third kappa shape index (κ3) is 3.23. The van der Waals surface area contributed by atoms with Gasteiger partial charge in [0.15, 0.2) is 5.75 Å². The Bertz CT molecular complexity index is 306. The van der Waals surface area contributed by atoms with E-state index in [4.69, 9.17) is 9.47 Å². The van der Waals surface area contributed by atoms with Gasteiger partial charge in [-0.25, -0.2) is 0 Å². The van der Waals surface area contributed by atoms with E-state index in [9.17, 15) is 0 Å². The molecule has 1 atom stereocenters. The van der Waals surface area contributed by atoms with Crippen LogP contribution in [0.4, 0.5) is 0 Å². The lowest BCUT2D eigenvalue weighted by atomic mass is 10.2. The number of aromatic nitrogens is 2. The molecule has 1 unspecified atom stereocenters. The summed E-state index contributed by atoms with van der Waals surface area (Å²) in [6, 6.07) is 0. The number of ether oxygens (including phenoxy) is 2. The van der Waals surface area contributed by atoms with Crippen LogP contribution >= 0.6 is 0 Å². The Balaban J connectivity index is 1.67. The summed E-state index contributed by atoms with van der Waals surface area (Å²) in [5.41, 5.74) is 0. The number of hydrogen-bond donors (Lipinski definition) is 0. The zero-order chi connectivity index (χ0) is 11.2. The Labute approximate surface area is 96.5 Å². The Morgan fingerprint density at radius 3 is 3.31 bits per heavy atom. The average molecular weight is 224 g/mol. The SMILES string of the molecule is CCCn1cc(OCCC2CCCO2)cn1. The predicted octanol–water partition coefficient (Wildman–Crippen LogP) is 2.24. The van der Waals surface area contributed by atoms with Gasteiger partial charge in [-0.3, -0.25) is 4.68 Å².